The molecule has 0 saturated heterocycles. The van der Waals surface area contributed by atoms with Crippen LogP contribution < -0.4 is 20.2 Å². The van der Waals surface area contributed by atoms with E-state index in [1.807, 2.05) is 26.0 Å². The van der Waals surface area contributed by atoms with Gasteiger partial charge in [-0.15, -0.1) is 0 Å². The fourth-order valence-electron chi connectivity index (χ4n) is 2.51. The van der Waals surface area contributed by atoms with Gasteiger partial charge in [0.2, 0.25) is 11.8 Å². The molecule has 9 heteroatoms. The molecule has 0 aliphatic rings. The lowest BCUT2D eigenvalue weighted by atomic mass is 10.2. The summed E-state index contributed by atoms with van der Waals surface area (Å²) in [6.45, 7) is 4.47. The molecule has 0 saturated carbocycles. The SMILES string of the molecule is CCCOc1c(Br)cc(C=NNC(=O)CCC(=O)Nc2ccc(C)c(Cl)c2)cc1OC. The highest BCUT2D eigenvalue weighted by Crippen LogP contribution is 2.36. The first-order valence-corrected chi connectivity index (χ1v) is 10.9. The van der Waals surface area contributed by atoms with Crippen LogP contribution in [0, 0.1) is 6.92 Å². The van der Waals surface area contributed by atoms with E-state index in [0.717, 1.165) is 16.5 Å². The summed E-state index contributed by atoms with van der Waals surface area (Å²) in [6.07, 6.45) is 2.39. The summed E-state index contributed by atoms with van der Waals surface area (Å²) in [5.74, 6) is 0.521. The van der Waals surface area contributed by atoms with Crippen LogP contribution in [0.4, 0.5) is 5.69 Å². The number of hydrazone groups is 1. The number of hydrogen-bond acceptors (Lipinski definition) is 5. The fraction of sp³-hybridized carbons (Fsp3) is 0.318. The molecule has 0 spiro atoms. The van der Waals surface area contributed by atoms with Gasteiger partial charge < -0.3 is 14.8 Å². The van der Waals surface area contributed by atoms with Gasteiger partial charge in [0.25, 0.3) is 0 Å². The fourth-order valence-corrected chi connectivity index (χ4v) is 3.27. The number of rotatable bonds is 10. The predicted octanol–water partition coefficient (Wildman–Crippen LogP) is 5.08. The minimum atomic E-state index is -0.373. The molecule has 0 fully saturated rings. The molecule has 2 N–H and O–H groups in total. The average molecular weight is 511 g/mol. The third-order valence-electron chi connectivity index (χ3n) is 4.14. The van der Waals surface area contributed by atoms with E-state index in [2.05, 4.69) is 31.8 Å². The Morgan fingerprint density at radius 2 is 1.94 bits per heavy atom. The molecule has 0 atom stereocenters. The minimum absolute atomic E-state index is 0.000419. The van der Waals surface area contributed by atoms with Gasteiger partial charge in [0, 0.05) is 23.6 Å². The Labute approximate surface area is 195 Å². The first kappa shape index (κ1) is 24.7. The Morgan fingerprint density at radius 1 is 1.19 bits per heavy atom. The lowest BCUT2D eigenvalue weighted by Gasteiger charge is -2.12. The van der Waals surface area contributed by atoms with Crippen molar-refractivity contribution >= 4 is 51.2 Å². The number of hydrogen-bond donors (Lipinski definition) is 2. The standard InChI is InChI=1S/C22H25BrClN3O4/c1-4-9-31-22-17(23)10-15(11-19(22)30-3)13-25-27-21(29)8-7-20(28)26-16-6-5-14(2)18(24)12-16/h5-6,10-13H,4,7-9H2,1-3H3,(H,26,28)(H,27,29). The van der Waals surface area contributed by atoms with E-state index >= 15 is 0 Å². The van der Waals surface area contributed by atoms with Crippen molar-refractivity contribution in [3.8, 4) is 11.5 Å². The largest absolute Gasteiger partial charge is 0.493 e. The highest BCUT2D eigenvalue weighted by atomic mass is 79.9. The zero-order valence-electron chi connectivity index (χ0n) is 17.6. The number of benzene rings is 2. The molecule has 0 unspecified atom stereocenters. The van der Waals surface area contributed by atoms with Gasteiger partial charge in [-0.3, -0.25) is 9.59 Å². The molecule has 0 aromatic heterocycles. The third kappa shape index (κ3) is 7.88. The van der Waals surface area contributed by atoms with Gasteiger partial charge in [0.15, 0.2) is 11.5 Å². The van der Waals surface area contributed by atoms with Crippen LogP contribution in [0.1, 0.15) is 37.3 Å². The van der Waals surface area contributed by atoms with Gasteiger partial charge in [0.05, 0.1) is 24.4 Å². The Bertz CT molecular complexity index is 966. The number of anilines is 1. The van der Waals surface area contributed by atoms with Crippen molar-refractivity contribution in [2.24, 2.45) is 5.10 Å². The number of methoxy groups -OCH3 is 1. The smallest absolute Gasteiger partial charge is 0.240 e. The number of ether oxygens (including phenoxy) is 2. The summed E-state index contributed by atoms with van der Waals surface area (Å²) in [6, 6.07) is 8.81. The highest BCUT2D eigenvalue weighted by Gasteiger charge is 2.11. The van der Waals surface area contributed by atoms with Gasteiger partial charge in [-0.2, -0.15) is 5.10 Å². The maximum Gasteiger partial charge on any atom is 0.240 e. The second-order valence-electron chi connectivity index (χ2n) is 6.69. The second kappa shape index (κ2) is 12.3. The van der Waals surface area contributed by atoms with E-state index in [-0.39, 0.29) is 24.7 Å². The number of halogens is 2. The van der Waals surface area contributed by atoms with Gasteiger partial charge >= 0.3 is 0 Å². The molecular formula is C22H25BrClN3O4. The van der Waals surface area contributed by atoms with Gasteiger partial charge in [-0.25, -0.2) is 5.43 Å². The monoisotopic (exact) mass is 509 g/mol. The van der Waals surface area contributed by atoms with Crippen molar-refractivity contribution in [1.29, 1.82) is 0 Å². The first-order valence-electron chi connectivity index (χ1n) is 9.72. The van der Waals surface area contributed by atoms with Gasteiger partial charge in [-0.1, -0.05) is 24.6 Å². The van der Waals surface area contributed by atoms with Crippen LogP contribution in [0.2, 0.25) is 5.02 Å². The van der Waals surface area contributed by atoms with Crippen molar-refractivity contribution in [3.63, 3.8) is 0 Å². The van der Waals surface area contributed by atoms with E-state index in [9.17, 15) is 9.59 Å². The summed E-state index contributed by atoms with van der Waals surface area (Å²) >= 11 is 9.50. The topological polar surface area (TPSA) is 89.0 Å². The molecular weight excluding hydrogens is 486 g/mol. The quantitative estimate of drug-likeness (QED) is 0.345. The van der Waals surface area contributed by atoms with Crippen molar-refractivity contribution in [2.45, 2.75) is 33.1 Å². The highest BCUT2D eigenvalue weighted by molar-refractivity contribution is 9.10. The lowest BCUT2D eigenvalue weighted by molar-refractivity contribution is -0.124. The van der Waals surface area contributed by atoms with Crippen molar-refractivity contribution in [1.82, 2.24) is 5.43 Å². The molecule has 2 rings (SSSR count). The van der Waals surface area contributed by atoms with Crippen LogP contribution in [-0.2, 0) is 9.59 Å². The summed E-state index contributed by atoms with van der Waals surface area (Å²) in [7, 11) is 1.55. The Balaban J connectivity index is 1.85. The molecule has 2 aromatic rings. The number of carbonyl (C=O) groups excluding carboxylic acids is 2. The van der Waals surface area contributed by atoms with E-state index < -0.39 is 0 Å². The van der Waals surface area contributed by atoms with Gasteiger partial charge in [0.1, 0.15) is 0 Å². The van der Waals surface area contributed by atoms with E-state index in [1.165, 1.54) is 6.21 Å². The van der Waals surface area contributed by atoms with Crippen molar-refractivity contribution in [3.05, 3.63) is 51.0 Å². The van der Waals surface area contributed by atoms with Crippen LogP contribution in [0.5, 0.6) is 11.5 Å². The number of nitrogens with one attached hydrogen (secondary N) is 2. The molecule has 0 aliphatic heterocycles. The molecule has 0 bridgehead atoms. The molecule has 0 heterocycles. The van der Waals surface area contributed by atoms with Crippen LogP contribution >= 0.6 is 27.5 Å². The minimum Gasteiger partial charge on any atom is -0.493 e. The van der Waals surface area contributed by atoms with Crippen molar-refractivity contribution in [2.75, 3.05) is 19.0 Å². The third-order valence-corrected chi connectivity index (χ3v) is 5.14. The van der Waals surface area contributed by atoms with E-state index in [0.29, 0.717) is 34.4 Å². The summed E-state index contributed by atoms with van der Waals surface area (Å²) in [4.78, 5) is 24.0. The van der Waals surface area contributed by atoms with Crippen LogP contribution in [-0.4, -0.2) is 31.7 Å². The van der Waals surface area contributed by atoms with E-state index in [1.54, 1.807) is 25.3 Å². The lowest BCUT2D eigenvalue weighted by Crippen LogP contribution is -2.20. The zero-order chi connectivity index (χ0) is 22.8. The average Bonchev–Trinajstić information content (AvgIpc) is 2.74. The van der Waals surface area contributed by atoms with Crippen LogP contribution in [0.3, 0.4) is 0 Å². The zero-order valence-corrected chi connectivity index (χ0v) is 20.0. The molecule has 2 amide bonds. The number of amides is 2. The molecule has 0 radical (unpaired) electrons. The number of aryl methyl sites for hydroxylation is 1. The van der Waals surface area contributed by atoms with Gasteiger partial charge in [-0.05, 0) is 64.7 Å². The second-order valence-corrected chi connectivity index (χ2v) is 7.95. The van der Waals surface area contributed by atoms with E-state index in [4.69, 9.17) is 21.1 Å². The molecule has 2 aromatic carbocycles. The molecule has 166 valence electrons. The first-order chi connectivity index (χ1) is 14.8. The summed E-state index contributed by atoms with van der Waals surface area (Å²) < 4.78 is 11.8. The Morgan fingerprint density at radius 3 is 2.61 bits per heavy atom. The molecule has 7 nitrogen and oxygen atoms in total. The maximum atomic E-state index is 12.0. The summed E-state index contributed by atoms with van der Waals surface area (Å²) in [5.41, 5.74) is 4.63. The molecule has 0 aliphatic carbocycles. The maximum absolute atomic E-state index is 12.0. The Hall–Kier alpha value is -2.58. The predicted molar refractivity (Wildman–Crippen MR) is 126 cm³/mol. The number of carbonyl (C=O) groups is 2. The van der Waals surface area contributed by atoms with Crippen molar-refractivity contribution < 1.29 is 19.1 Å². The van der Waals surface area contributed by atoms with Crippen LogP contribution in [0.15, 0.2) is 39.9 Å². The normalized spacial score (nSPS) is 10.7. The Kier molecular flexibility index (Phi) is 9.81. The van der Waals surface area contributed by atoms with Crippen LogP contribution in [0.25, 0.3) is 0 Å². The summed E-state index contributed by atoms with van der Waals surface area (Å²) in [5, 5.41) is 7.22. The molecule has 31 heavy (non-hydrogen) atoms. The number of nitrogens with zero attached hydrogens (tertiary/aromatic N) is 1.